The first kappa shape index (κ1) is 31.3. The van der Waals surface area contributed by atoms with E-state index in [2.05, 4.69) is 46.8 Å². The molecular weight excluding hydrogens is 476 g/mol. The van der Waals surface area contributed by atoms with Crippen LogP contribution in [0.2, 0.25) is 0 Å². The molecule has 2 aromatic carbocycles. The molecule has 210 valence electrons. The van der Waals surface area contributed by atoms with E-state index in [0.29, 0.717) is 55.0 Å². The predicted molar refractivity (Wildman–Crippen MR) is 157 cm³/mol. The van der Waals surface area contributed by atoms with E-state index in [1.165, 1.54) is 5.56 Å². The van der Waals surface area contributed by atoms with Crippen molar-refractivity contribution in [2.75, 3.05) is 26.4 Å². The van der Waals surface area contributed by atoms with Gasteiger partial charge in [0.15, 0.2) is 17.3 Å². The Balaban J connectivity index is 2.57. The van der Waals surface area contributed by atoms with E-state index in [-0.39, 0.29) is 5.78 Å². The van der Waals surface area contributed by atoms with Gasteiger partial charge >= 0.3 is 0 Å². The van der Waals surface area contributed by atoms with Crippen LogP contribution >= 0.6 is 0 Å². The molecule has 0 atom stereocenters. The van der Waals surface area contributed by atoms with Crippen molar-refractivity contribution in [3.05, 3.63) is 58.8 Å². The van der Waals surface area contributed by atoms with E-state index in [1.807, 2.05) is 24.3 Å². The first-order chi connectivity index (χ1) is 18.6. The number of carbonyl (C=O) groups excluding carboxylic acids is 1. The number of carbonyl (C=O) groups is 1. The zero-order valence-corrected chi connectivity index (χ0v) is 24.3. The van der Waals surface area contributed by atoms with Crippen LogP contribution < -0.4 is 14.2 Å². The van der Waals surface area contributed by atoms with Gasteiger partial charge in [-0.1, -0.05) is 84.6 Å². The number of unbranched alkanes of at least 4 members (excludes halogenated alkanes) is 4. The molecule has 0 aliphatic carbocycles. The van der Waals surface area contributed by atoms with Gasteiger partial charge in [0.1, 0.15) is 0 Å². The number of allylic oxidation sites excluding steroid dienone is 1. The molecule has 5 heteroatoms. The highest BCUT2D eigenvalue weighted by Gasteiger charge is 2.25. The highest BCUT2D eigenvalue weighted by atomic mass is 16.5. The lowest BCUT2D eigenvalue weighted by Gasteiger charge is -2.20. The SMILES string of the molecule is CCCCOC(=Cc1cccc(CC)c1)C(=O)c1ccc(OCCCC)c(OCCCC)c1OCCCC. The minimum atomic E-state index is -0.213. The summed E-state index contributed by atoms with van der Waals surface area (Å²) in [5.74, 6) is 1.67. The highest BCUT2D eigenvalue weighted by Crippen LogP contribution is 2.42. The summed E-state index contributed by atoms with van der Waals surface area (Å²) < 4.78 is 24.7. The van der Waals surface area contributed by atoms with Crippen molar-refractivity contribution < 1.29 is 23.7 Å². The summed E-state index contributed by atoms with van der Waals surface area (Å²) in [6.07, 6.45) is 10.4. The van der Waals surface area contributed by atoms with E-state index in [1.54, 1.807) is 6.07 Å². The van der Waals surface area contributed by atoms with Crippen molar-refractivity contribution >= 4 is 11.9 Å². The molecule has 0 N–H and O–H groups in total. The number of benzene rings is 2. The van der Waals surface area contributed by atoms with Crippen LogP contribution in [-0.4, -0.2) is 32.2 Å². The van der Waals surface area contributed by atoms with E-state index in [4.69, 9.17) is 18.9 Å². The minimum absolute atomic E-state index is 0.213. The molecule has 0 aromatic heterocycles. The summed E-state index contributed by atoms with van der Waals surface area (Å²) in [7, 11) is 0. The van der Waals surface area contributed by atoms with Crippen LogP contribution in [0.25, 0.3) is 6.08 Å². The van der Waals surface area contributed by atoms with Crippen molar-refractivity contribution in [2.45, 2.75) is 92.4 Å². The Bertz CT molecular complexity index is 995. The van der Waals surface area contributed by atoms with Gasteiger partial charge in [0.2, 0.25) is 11.5 Å². The lowest BCUT2D eigenvalue weighted by atomic mass is 10.0. The molecule has 5 nitrogen and oxygen atoms in total. The van der Waals surface area contributed by atoms with E-state index < -0.39 is 0 Å². The maximum absolute atomic E-state index is 14.0. The molecule has 0 radical (unpaired) electrons. The first-order valence-electron chi connectivity index (χ1n) is 14.6. The molecule has 0 saturated carbocycles. The second kappa shape index (κ2) is 18.3. The fraction of sp³-hybridized carbons (Fsp3) is 0.545. The van der Waals surface area contributed by atoms with Crippen molar-refractivity contribution in [3.8, 4) is 17.2 Å². The summed E-state index contributed by atoms with van der Waals surface area (Å²) in [6.45, 7) is 12.7. The normalized spacial score (nSPS) is 11.3. The second-order valence-electron chi connectivity index (χ2n) is 9.51. The van der Waals surface area contributed by atoms with Crippen molar-refractivity contribution in [1.82, 2.24) is 0 Å². The van der Waals surface area contributed by atoms with Crippen molar-refractivity contribution in [2.24, 2.45) is 0 Å². The van der Waals surface area contributed by atoms with Crippen LogP contribution in [0, 0.1) is 0 Å². The van der Waals surface area contributed by atoms with Gasteiger partial charge in [-0.05, 0) is 61.4 Å². The lowest BCUT2D eigenvalue weighted by molar-refractivity contribution is 0.0914. The number of ketones is 1. The second-order valence-corrected chi connectivity index (χ2v) is 9.51. The molecule has 2 rings (SSSR count). The molecule has 0 aliphatic rings. The molecular formula is C33H48O5. The average molecular weight is 525 g/mol. The van der Waals surface area contributed by atoms with Gasteiger partial charge < -0.3 is 18.9 Å². The Morgan fingerprint density at radius 2 is 1.32 bits per heavy atom. The zero-order chi connectivity index (χ0) is 27.6. The molecule has 0 heterocycles. The number of hydrogen-bond acceptors (Lipinski definition) is 5. The number of aryl methyl sites for hydroxylation is 1. The molecule has 0 spiro atoms. The average Bonchev–Trinajstić information content (AvgIpc) is 2.93. The number of hydrogen-bond donors (Lipinski definition) is 0. The summed E-state index contributed by atoms with van der Waals surface area (Å²) in [5.41, 5.74) is 2.59. The van der Waals surface area contributed by atoms with Crippen molar-refractivity contribution in [3.63, 3.8) is 0 Å². The summed E-state index contributed by atoms with van der Waals surface area (Å²) in [4.78, 5) is 14.0. The third kappa shape index (κ3) is 10.1. The fourth-order valence-electron chi connectivity index (χ4n) is 3.77. The van der Waals surface area contributed by atoms with Gasteiger partial charge in [-0.25, -0.2) is 0 Å². The highest BCUT2D eigenvalue weighted by molar-refractivity contribution is 6.12. The monoisotopic (exact) mass is 524 g/mol. The molecule has 2 aromatic rings. The largest absolute Gasteiger partial charge is 0.490 e. The summed E-state index contributed by atoms with van der Waals surface area (Å²) in [6, 6.07) is 11.8. The van der Waals surface area contributed by atoms with Crippen LogP contribution in [0.3, 0.4) is 0 Å². The first-order valence-corrected chi connectivity index (χ1v) is 14.6. The molecule has 38 heavy (non-hydrogen) atoms. The van der Waals surface area contributed by atoms with Gasteiger partial charge in [-0.3, -0.25) is 4.79 Å². The summed E-state index contributed by atoms with van der Waals surface area (Å²) in [5, 5.41) is 0. The number of ether oxygens (including phenoxy) is 4. The Kier molecular flexibility index (Phi) is 15.1. The van der Waals surface area contributed by atoms with E-state index >= 15 is 0 Å². The third-order valence-corrected chi connectivity index (χ3v) is 6.20. The lowest BCUT2D eigenvalue weighted by Crippen LogP contribution is -2.13. The Labute approximate surface area is 230 Å². The Hall–Kier alpha value is -2.95. The number of Topliss-reactive ketones (excluding diaryl/α,β-unsaturated/α-hetero) is 1. The molecule has 0 fully saturated rings. The van der Waals surface area contributed by atoms with Gasteiger partial charge in [-0.2, -0.15) is 0 Å². The fourth-order valence-corrected chi connectivity index (χ4v) is 3.77. The third-order valence-electron chi connectivity index (χ3n) is 6.20. The standard InChI is InChI=1S/C33H48O5/c1-6-11-20-35-29-19-18-28(32(37-22-13-8-3)33(29)38-23-14-9-4)31(34)30(36-21-12-7-2)25-27-17-15-16-26(10-5)24-27/h15-19,24-25H,6-14,20-23H2,1-5H3. The minimum Gasteiger partial charge on any atom is -0.490 e. The molecule has 0 unspecified atom stereocenters. The molecule has 0 aliphatic heterocycles. The Morgan fingerprint density at radius 3 is 1.95 bits per heavy atom. The van der Waals surface area contributed by atoms with Gasteiger partial charge in [0.05, 0.1) is 32.0 Å². The van der Waals surface area contributed by atoms with E-state index in [9.17, 15) is 4.79 Å². The van der Waals surface area contributed by atoms with Crippen molar-refractivity contribution in [1.29, 1.82) is 0 Å². The van der Waals surface area contributed by atoms with Crippen LogP contribution in [0.1, 0.15) is 107 Å². The molecule has 0 bridgehead atoms. The van der Waals surface area contributed by atoms with Crippen LogP contribution in [0.15, 0.2) is 42.2 Å². The Morgan fingerprint density at radius 1 is 0.711 bits per heavy atom. The predicted octanol–water partition coefficient (Wildman–Crippen LogP) is 8.83. The maximum Gasteiger partial charge on any atom is 0.231 e. The number of rotatable bonds is 20. The van der Waals surface area contributed by atoms with Gasteiger partial charge in [0.25, 0.3) is 0 Å². The van der Waals surface area contributed by atoms with Crippen LogP contribution in [0.4, 0.5) is 0 Å². The smallest absolute Gasteiger partial charge is 0.231 e. The van der Waals surface area contributed by atoms with Gasteiger partial charge in [-0.15, -0.1) is 0 Å². The molecule has 0 saturated heterocycles. The zero-order valence-electron chi connectivity index (χ0n) is 24.3. The maximum atomic E-state index is 14.0. The van der Waals surface area contributed by atoms with Crippen LogP contribution in [0.5, 0.6) is 17.2 Å². The molecule has 0 amide bonds. The van der Waals surface area contributed by atoms with E-state index in [0.717, 1.165) is 63.4 Å². The summed E-state index contributed by atoms with van der Waals surface area (Å²) >= 11 is 0. The van der Waals surface area contributed by atoms with Crippen LogP contribution in [-0.2, 0) is 11.2 Å². The topological polar surface area (TPSA) is 54.0 Å². The van der Waals surface area contributed by atoms with Gasteiger partial charge in [0, 0.05) is 0 Å². The quantitative estimate of drug-likeness (QED) is 0.0749.